The largest absolute Gasteiger partial charge is 0.347 e. The number of hydrogen-bond acceptors (Lipinski definition) is 2. The summed E-state index contributed by atoms with van der Waals surface area (Å²) in [4.78, 5) is 27.5. The highest BCUT2D eigenvalue weighted by Gasteiger charge is 2.56. The number of nitrogens with one attached hydrogen (secondary N) is 1. The van der Waals surface area contributed by atoms with Crippen LogP contribution in [-0.2, 0) is 4.79 Å². The first-order valence-corrected chi connectivity index (χ1v) is 9.54. The summed E-state index contributed by atoms with van der Waals surface area (Å²) in [6, 6.07) is 8.85. The first-order valence-electron chi connectivity index (χ1n) is 9.54. The van der Waals surface area contributed by atoms with Crippen molar-refractivity contribution in [2.45, 2.75) is 44.6 Å². The van der Waals surface area contributed by atoms with Crippen LogP contribution in [0.2, 0.25) is 0 Å². The van der Waals surface area contributed by atoms with Gasteiger partial charge in [0.15, 0.2) is 0 Å². The molecule has 1 N–H and O–H groups in total. The van der Waals surface area contributed by atoms with Crippen LogP contribution in [0.5, 0.6) is 0 Å². The Bertz CT molecular complexity index is 632. The van der Waals surface area contributed by atoms with Gasteiger partial charge < -0.3 is 10.2 Å². The molecule has 0 aliphatic heterocycles. The van der Waals surface area contributed by atoms with Crippen molar-refractivity contribution in [1.82, 2.24) is 10.2 Å². The number of nitrogens with zero attached hydrogens (tertiary/aromatic N) is 1. The first kappa shape index (κ1) is 16.6. The lowest BCUT2D eigenvalue weighted by atomic mass is 9.47. The van der Waals surface area contributed by atoms with E-state index < -0.39 is 6.04 Å². The number of carbonyl (C=O) groups is 2. The highest BCUT2D eigenvalue weighted by molar-refractivity contribution is 5.97. The number of likely N-dealkylation sites (N-methyl/N-ethyl adjacent to an activating group) is 1. The summed E-state index contributed by atoms with van der Waals surface area (Å²) in [5.41, 5.74) is 0.587. The Morgan fingerprint density at radius 1 is 1.00 bits per heavy atom. The van der Waals surface area contributed by atoms with Gasteiger partial charge in [-0.05, 0) is 68.4 Å². The number of benzene rings is 1. The van der Waals surface area contributed by atoms with E-state index >= 15 is 0 Å². The fraction of sp³-hybridized carbons (Fsp3) is 0.619. The van der Waals surface area contributed by atoms with Gasteiger partial charge in [0.05, 0.1) is 0 Å². The number of carbonyl (C=O) groups excluding carboxylic acids is 2. The van der Waals surface area contributed by atoms with Crippen LogP contribution in [0.1, 0.15) is 48.9 Å². The molecule has 0 heterocycles. The molecule has 4 aliphatic carbocycles. The molecule has 4 bridgehead atoms. The lowest BCUT2D eigenvalue weighted by Gasteiger charge is -2.59. The molecule has 0 saturated heterocycles. The third-order valence-corrected chi connectivity index (χ3v) is 6.70. The highest BCUT2D eigenvalue weighted by Crippen LogP contribution is 2.61. The van der Waals surface area contributed by atoms with Crippen molar-refractivity contribution >= 4 is 11.8 Å². The Morgan fingerprint density at radius 2 is 1.52 bits per heavy atom. The Balaban J connectivity index is 1.63. The summed E-state index contributed by atoms with van der Waals surface area (Å²) in [6.45, 7) is 0. The van der Waals surface area contributed by atoms with Gasteiger partial charge in [0.1, 0.15) is 6.04 Å². The van der Waals surface area contributed by atoms with E-state index in [1.165, 1.54) is 19.3 Å². The normalized spacial score (nSPS) is 33.8. The van der Waals surface area contributed by atoms with E-state index in [9.17, 15) is 9.59 Å². The molecule has 5 rings (SSSR count). The SMILES string of the molecule is CN(C)C(=O)[C@@H](NC(=O)c1ccccc1)C12CC3CC(CC(C3)C1)C2. The van der Waals surface area contributed by atoms with E-state index in [1.54, 1.807) is 19.0 Å². The summed E-state index contributed by atoms with van der Waals surface area (Å²) in [5.74, 6) is 2.16. The minimum absolute atomic E-state index is 0.0411. The maximum Gasteiger partial charge on any atom is 0.251 e. The molecule has 4 nitrogen and oxygen atoms in total. The molecule has 4 aliphatic rings. The van der Waals surface area contributed by atoms with Crippen LogP contribution in [0.3, 0.4) is 0 Å². The van der Waals surface area contributed by atoms with Gasteiger partial charge >= 0.3 is 0 Å². The van der Waals surface area contributed by atoms with Crippen LogP contribution in [0.4, 0.5) is 0 Å². The smallest absolute Gasteiger partial charge is 0.251 e. The lowest BCUT2D eigenvalue weighted by Crippen LogP contribution is -2.61. The zero-order valence-corrected chi connectivity index (χ0v) is 15.2. The van der Waals surface area contributed by atoms with E-state index in [0.717, 1.165) is 37.0 Å². The van der Waals surface area contributed by atoms with E-state index in [-0.39, 0.29) is 17.2 Å². The van der Waals surface area contributed by atoms with Gasteiger partial charge in [0.2, 0.25) is 5.91 Å². The van der Waals surface area contributed by atoms with Crippen molar-refractivity contribution in [1.29, 1.82) is 0 Å². The summed E-state index contributed by atoms with van der Waals surface area (Å²) >= 11 is 0. The van der Waals surface area contributed by atoms with Gasteiger partial charge in [-0.1, -0.05) is 18.2 Å². The van der Waals surface area contributed by atoms with Crippen LogP contribution >= 0.6 is 0 Å². The van der Waals surface area contributed by atoms with Crippen molar-refractivity contribution < 1.29 is 9.59 Å². The minimum atomic E-state index is -0.399. The molecule has 4 heteroatoms. The summed E-state index contributed by atoms with van der Waals surface area (Å²) in [5, 5.41) is 3.14. The van der Waals surface area contributed by atoms with Crippen molar-refractivity contribution in [2.75, 3.05) is 14.1 Å². The summed E-state index contributed by atoms with van der Waals surface area (Å²) in [6.07, 6.45) is 7.27. The summed E-state index contributed by atoms with van der Waals surface area (Å²) < 4.78 is 0. The van der Waals surface area contributed by atoms with Crippen molar-refractivity contribution in [3.05, 3.63) is 35.9 Å². The molecule has 4 fully saturated rings. The van der Waals surface area contributed by atoms with Crippen molar-refractivity contribution in [2.24, 2.45) is 23.2 Å². The fourth-order valence-corrected chi connectivity index (χ4v) is 6.07. The molecule has 25 heavy (non-hydrogen) atoms. The molecule has 0 aromatic heterocycles. The number of rotatable bonds is 4. The predicted molar refractivity (Wildman–Crippen MR) is 97.0 cm³/mol. The van der Waals surface area contributed by atoms with Gasteiger partial charge in [-0.3, -0.25) is 9.59 Å². The molecule has 1 aromatic rings. The van der Waals surface area contributed by atoms with Crippen molar-refractivity contribution in [3.8, 4) is 0 Å². The van der Waals surface area contributed by atoms with E-state index in [1.807, 2.05) is 30.3 Å². The van der Waals surface area contributed by atoms with Gasteiger partial charge in [-0.25, -0.2) is 0 Å². The van der Waals surface area contributed by atoms with Crippen LogP contribution in [0.15, 0.2) is 30.3 Å². The van der Waals surface area contributed by atoms with Gasteiger partial charge in [-0.15, -0.1) is 0 Å². The van der Waals surface area contributed by atoms with Gasteiger partial charge in [-0.2, -0.15) is 0 Å². The molecular weight excluding hydrogens is 312 g/mol. The Hall–Kier alpha value is -1.84. The molecule has 0 spiro atoms. The van der Waals surface area contributed by atoms with Gasteiger partial charge in [0.25, 0.3) is 5.91 Å². The zero-order valence-electron chi connectivity index (χ0n) is 15.2. The monoisotopic (exact) mass is 340 g/mol. The van der Waals surface area contributed by atoms with Crippen LogP contribution < -0.4 is 5.32 Å². The standard InChI is InChI=1S/C21H28N2O2/c1-23(2)20(25)18(22-19(24)17-6-4-3-5-7-17)21-11-14-8-15(12-21)10-16(9-14)13-21/h3-7,14-16,18H,8-13H2,1-2H3,(H,22,24)/t14?,15?,16?,18-,21?/m1/s1. The Morgan fingerprint density at radius 3 is 2.00 bits per heavy atom. The molecule has 0 radical (unpaired) electrons. The quantitative estimate of drug-likeness (QED) is 0.916. The maximum atomic E-state index is 13.0. The molecule has 1 aromatic carbocycles. The second-order valence-corrected chi connectivity index (χ2v) is 8.79. The molecule has 1 atom stereocenters. The highest BCUT2D eigenvalue weighted by atomic mass is 16.2. The van der Waals surface area contributed by atoms with E-state index in [0.29, 0.717) is 5.56 Å². The van der Waals surface area contributed by atoms with Crippen LogP contribution in [0, 0.1) is 23.2 Å². The fourth-order valence-electron chi connectivity index (χ4n) is 6.07. The third kappa shape index (κ3) is 2.96. The van der Waals surface area contributed by atoms with E-state index in [4.69, 9.17) is 0 Å². The summed E-state index contributed by atoms with van der Waals surface area (Å²) in [7, 11) is 3.59. The minimum Gasteiger partial charge on any atom is -0.347 e. The third-order valence-electron chi connectivity index (χ3n) is 6.70. The number of hydrogen-bond donors (Lipinski definition) is 1. The van der Waals surface area contributed by atoms with Gasteiger partial charge in [0, 0.05) is 25.1 Å². The van der Waals surface area contributed by atoms with Crippen LogP contribution in [-0.4, -0.2) is 36.9 Å². The predicted octanol–water partition coefficient (Wildman–Crippen LogP) is 3.09. The average Bonchev–Trinajstić information content (AvgIpc) is 2.58. The number of amides is 2. The Kier molecular flexibility index (Phi) is 4.09. The van der Waals surface area contributed by atoms with Crippen LogP contribution in [0.25, 0.3) is 0 Å². The lowest BCUT2D eigenvalue weighted by molar-refractivity contribution is -0.142. The topological polar surface area (TPSA) is 49.4 Å². The first-order chi connectivity index (χ1) is 12.0. The molecule has 0 unspecified atom stereocenters. The molecule has 134 valence electrons. The molecule has 4 saturated carbocycles. The van der Waals surface area contributed by atoms with E-state index in [2.05, 4.69) is 5.32 Å². The second-order valence-electron chi connectivity index (χ2n) is 8.79. The second kappa shape index (κ2) is 6.15. The average molecular weight is 340 g/mol. The molecular formula is C21H28N2O2. The molecule has 2 amide bonds. The van der Waals surface area contributed by atoms with Crippen molar-refractivity contribution in [3.63, 3.8) is 0 Å². The zero-order chi connectivity index (χ0) is 17.6. The maximum absolute atomic E-state index is 13.0. The Labute approximate surface area is 150 Å².